The summed E-state index contributed by atoms with van der Waals surface area (Å²) in [5, 5.41) is 6.21. The standard InChI is InChI=1S/C24H28N4O3/c1-3-31-24(30)21-5-4-12-28(21)14-16-6-9-18(10-7-16)26-15(2)22-19-13-17(25)8-11-20(19)27-23(22)29/h6-11,13,21,26H,3-5,12,14,25H2,1-2H3,(H,27,29). The lowest BCUT2D eigenvalue weighted by Gasteiger charge is -2.23. The van der Waals surface area contributed by atoms with Gasteiger partial charge in [0.1, 0.15) is 6.04 Å². The van der Waals surface area contributed by atoms with Gasteiger partial charge in [0.25, 0.3) is 5.91 Å². The Labute approximate surface area is 182 Å². The first kappa shape index (κ1) is 20.9. The van der Waals surface area contributed by atoms with E-state index >= 15 is 0 Å². The molecule has 2 aliphatic heterocycles. The van der Waals surface area contributed by atoms with Crippen LogP contribution in [-0.4, -0.2) is 36.0 Å². The monoisotopic (exact) mass is 420 g/mol. The second-order valence-corrected chi connectivity index (χ2v) is 7.96. The molecule has 2 aliphatic rings. The van der Waals surface area contributed by atoms with E-state index in [1.165, 1.54) is 0 Å². The number of benzene rings is 2. The first-order chi connectivity index (χ1) is 15.0. The summed E-state index contributed by atoms with van der Waals surface area (Å²) in [6, 6.07) is 13.3. The summed E-state index contributed by atoms with van der Waals surface area (Å²) in [4.78, 5) is 26.8. The molecule has 1 unspecified atom stereocenters. The average Bonchev–Trinajstić information content (AvgIpc) is 3.32. The fraction of sp³-hybridized carbons (Fsp3) is 0.333. The molecule has 1 amide bonds. The van der Waals surface area contributed by atoms with Crippen molar-refractivity contribution in [3.05, 3.63) is 59.3 Å². The summed E-state index contributed by atoms with van der Waals surface area (Å²) in [7, 11) is 0. The van der Waals surface area contributed by atoms with Crippen LogP contribution >= 0.6 is 0 Å². The fourth-order valence-electron chi connectivity index (χ4n) is 4.28. The van der Waals surface area contributed by atoms with Gasteiger partial charge in [-0.3, -0.25) is 14.5 Å². The van der Waals surface area contributed by atoms with Crippen molar-refractivity contribution >= 4 is 34.5 Å². The van der Waals surface area contributed by atoms with Gasteiger partial charge >= 0.3 is 5.97 Å². The highest BCUT2D eigenvalue weighted by Gasteiger charge is 2.31. The Bertz CT molecular complexity index is 1030. The molecule has 0 spiro atoms. The Morgan fingerprint density at radius 2 is 2.03 bits per heavy atom. The van der Waals surface area contributed by atoms with Crippen molar-refractivity contribution in [1.82, 2.24) is 4.90 Å². The number of esters is 1. The maximum atomic E-state index is 12.5. The molecule has 0 saturated carbocycles. The zero-order chi connectivity index (χ0) is 22.0. The largest absolute Gasteiger partial charge is 0.465 e. The molecular formula is C24H28N4O3. The first-order valence-electron chi connectivity index (χ1n) is 10.6. The Balaban J connectivity index is 1.46. The minimum atomic E-state index is -0.155. The predicted molar refractivity (Wildman–Crippen MR) is 122 cm³/mol. The molecule has 0 aliphatic carbocycles. The van der Waals surface area contributed by atoms with E-state index < -0.39 is 0 Å². The van der Waals surface area contributed by atoms with Gasteiger partial charge in [-0.2, -0.15) is 0 Å². The van der Waals surface area contributed by atoms with E-state index in [0.29, 0.717) is 24.4 Å². The summed E-state index contributed by atoms with van der Waals surface area (Å²) in [5.41, 5.74) is 11.5. The molecule has 31 heavy (non-hydrogen) atoms. The Morgan fingerprint density at radius 3 is 2.77 bits per heavy atom. The highest BCUT2D eigenvalue weighted by Crippen LogP contribution is 2.35. The van der Waals surface area contributed by atoms with Crippen LogP contribution in [0, 0.1) is 0 Å². The van der Waals surface area contributed by atoms with Crippen LogP contribution in [0.4, 0.5) is 17.1 Å². The number of ether oxygens (including phenoxy) is 1. The van der Waals surface area contributed by atoms with Gasteiger partial charge in [-0.05, 0) is 69.1 Å². The maximum Gasteiger partial charge on any atom is 0.323 e. The number of amides is 1. The molecule has 1 atom stereocenters. The first-order valence-corrected chi connectivity index (χ1v) is 10.6. The van der Waals surface area contributed by atoms with Crippen molar-refractivity contribution in [2.75, 3.05) is 29.5 Å². The molecule has 2 aromatic carbocycles. The van der Waals surface area contributed by atoms with Crippen molar-refractivity contribution in [3.8, 4) is 0 Å². The van der Waals surface area contributed by atoms with E-state index in [1.807, 2.05) is 50.2 Å². The minimum Gasteiger partial charge on any atom is -0.465 e. The van der Waals surface area contributed by atoms with Crippen LogP contribution in [0.2, 0.25) is 0 Å². The highest BCUT2D eigenvalue weighted by molar-refractivity contribution is 6.32. The van der Waals surface area contributed by atoms with Crippen LogP contribution in [0.15, 0.2) is 48.2 Å². The summed E-state index contributed by atoms with van der Waals surface area (Å²) in [6.45, 7) is 5.73. The van der Waals surface area contributed by atoms with Crippen molar-refractivity contribution in [3.63, 3.8) is 0 Å². The number of carbonyl (C=O) groups is 2. The van der Waals surface area contributed by atoms with Crippen molar-refractivity contribution < 1.29 is 14.3 Å². The molecule has 1 fully saturated rings. The zero-order valence-electron chi connectivity index (χ0n) is 17.9. The predicted octanol–water partition coefficient (Wildman–Crippen LogP) is 3.59. The van der Waals surface area contributed by atoms with Gasteiger partial charge in [0, 0.05) is 34.9 Å². The summed E-state index contributed by atoms with van der Waals surface area (Å²) < 4.78 is 5.21. The second-order valence-electron chi connectivity index (χ2n) is 7.96. The molecule has 7 nitrogen and oxygen atoms in total. The molecule has 2 heterocycles. The molecule has 7 heteroatoms. The van der Waals surface area contributed by atoms with E-state index in [4.69, 9.17) is 10.5 Å². The van der Waals surface area contributed by atoms with Gasteiger partial charge in [0.2, 0.25) is 0 Å². The Hall–Kier alpha value is -3.32. The van der Waals surface area contributed by atoms with Gasteiger partial charge in [0.15, 0.2) is 0 Å². The molecule has 162 valence electrons. The maximum absolute atomic E-state index is 12.5. The van der Waals surface area contributed by atoms with Gasteiger partial charge in [-0.25, -0.2) is 0 Å². The second kappa shape index (κ2) is 8.81. The summed E-state index contributed by atoms with van der Waals surface area (Å²) >= 11 is 0. The number of nitrogens with one attached hydrogen (secondary N) is 2. The van der Waals surface area contributed by atoms with E-state index in [2.05, 4.69) is 15.5 Å². The van der Waals surface area contributed by atoms with E-state index in [1.54, 1.807) is 6.07 Å². The summed E-state index contributed by atoms with van der Waals surface area (Å²) in [5.74, 6) is -0.266. The number of nitrogen functional groups attached to an aromatic ring is 1. The fourth-order valence-corrected chi connectivity index (χ4v) is 4.28. The molecule has 4 rings (SSSR count). The SMILES string of the molecule is CCOC(=O)C1CCCN1Cc1ccc(NC(C)=C2C(=O)Nc3ccc(N)cc32)cc1. The van der Waals surface area contributed by atoms with Gasteiger partial charge in [-0.1, -0.05) is 12.1 Å². The molecule has 1 saturated heterocycles. The van der Waals surface area contributed by atoms with Crippen LogP contribution in [0.1, 0.15) is 37.8 Å². The number of anilines is 3. The lowest BCUT2D eigenvalue weighted by Crippen LogP contribution is -2.36. The van der Waals surface area contributed by atoms with E-state index in [0.717, 1.165) is 47.6 Å². The average molecular weight is 421 g/mol. The molecule has 0 aromatic heterocycles. The van der Waals surface area contributed by atoms with Crippen LogP contribution < -0.4 is 16.4 Å². The van der Waals surface area contributed by atoms with E-state index in [9.17, 15) is 9.59 Å². The van der Waals surface area contributed by atoms with Crippen LogP contribution in [0.3, 0.4) is 0 Å². The third kappa shape index (κ3) is 4.41. The third-order valence-electron chi connectivity index (χ3n) is 5.76. The van der Waals surface area contributed by atoms with Crippen molar-refractivity contribution in [2.45, 2.75) is 39.3 Å². The smallest absolute Gasteiger partial charge is 0.323 e. The van der Waals surface area contributed by atoms with Crippen molar-refractivity contribution in [2.24, 2.45) is 0 Å². The number of carbonyl (C=O) groups excluding carboxylic acids is 2. The molecule has 0 bridgehead atoms. The number of nitrogens with zero attached hydrogens (tertiary/aromatic N) is 1. The molecular weight excluding hydrogens is 392 g/mol. The lowest BCUT2D eigenvalue weighted by atomic mass is 10.0. The quantitative estimate of drug-likeness (QED) is 0.375. The van der Waals surface area contributed by atoms with E-state index in [-0.39, 0.29) is 17.9 Å². The summed E-state index contributed by atoms with van der Waals surface area (Å²) in [6.07, 6.45) is 1.85. The molecule has 2 aromatic rings. The number of hydrogen-bond donors (Lipinski definition) is 3. The number of hydrogen-bond acceptors (Lipinski definition) is 6. The highest BCUT2D eigenvalue weighted by atomic mass is 16.5. The Morgan fingerprint density at radius 1 is 1.26 bits per heavy atom. The number of likely N-dealkylation sites (tertiary alicyclic amines) is 1. The Kier molecular flexibility index (Phi) is 5.95. The van der Waals surface area contributed by atoms with Crippen molar-refractivity contribution in [1.29, 1.82) is 0 Å². The number of rotatable bonds is 6. The number of allylic oxidation sites excluding steroid dienone is 1. The lowest BCUT2D eigenvalue weighted by molar-refractivity contribution is -0.148. The van der Waals surface area contributed by atoms with Crippen LogP contribution in [0.25, 0.3) is 5.57 Å². The minimum absolute atomic E-state index is 0.128. The van der Waals surface area contributed by atoms with Crippen LogP contribution in [0.5, 0.6) is 0 Å². The van der Waals surface area contributed by atoms with Crippen LogP contribution in [-0.2, 0) is 20.9 Å². The molecule has 4 N–H and O–H groups in total. The molecule has 0 radical (unpaired) electrons. The van der Waals surface area contributed by atoms with Gasteiger partial charge in [-0.15, -0.1) is 0 Å². The van der Waals surface area contributed by atoms with Gasteiger partial charge < -0.3 is 21.1 Å². The third-order valence-corrected chi connectivity index (χ3v) is 5.76. The number of fused-ring (bicyclic) bond motifs is 1. The normalized spacial score (nSPS) is 19.7. The zero-order valence-corrected chi connectivity index (χ0v) is 17.9. The number of nitrogens with two attached hydrogens (primary N) is 1. The topological polar surface area (TPSA) is 96.7 Å². The van der Waals surface area contributed by atoms with Gasteiger partial charge in [0.05, 0.1) is 12.2 Å².